The minimum atomic E-state index is -4.74. The number of hydrogen-bond acceptors (Lipinski definition) is 7. The molecular formula is C30H25F5N6O3S. The summed E-state index contributed by atoms with van der Waals surface area (Å²) in [5, 5.41) is 6.07. The van der Waals surface area contributed by atoms with Crippen LogP contribution in [0.15, 0.2) is 84.5 Å². The number of carbonyl (C=O) groups is 1. The normalized spacial score (nSPS) is 14.5. The van der Waals surface area contributed by atoms with Crippen LogP contribution in [-0.4, -0.2) is 37.4 Å². The lowest BCUT2D eigenvalue weighted by Gasteiger charge is -2.20. The predicted molar refractivity (Wildman–Crippen MR) is 158 cm³/mol. The van der Waals surface area contributed by atoms with Crippen LogP contribution in [0, 0.1) is 11.6 Å². The number of halogens is 5. The van der Waals surface area contributed by atoms with E-state index in [0.717, 1.165) is 17.2 Å². The highest BCUT2D eigenvalue weighted by Crippen LogP contribution is 2.33. The molecule has 4 bridgehead atoms. The van der Waals surface area contributed by atoms with Crippen molar-refractivity contribution < 1.29 is 35.2 Å². The number of carbonyl (C=O) groups excluding carboxylic acids is 1. The molecule has 0 saturated carbocycles. The maximum atomic E-state index is 15.5. The van der Waals surface area contributed by atoms with Gasteiger partial charge in [-0.1, -0.05) is 18.7 Å². The summed E-state index contributed by atoms with van der Waals surface area (Å²) in [7, 11) is -3.74. The molecule has 4 aromatic rings. The van der Waals surface area contributed by atoms with E-state index in [0.29, 0.717) is 53.8 Å². The molecule has 0 unspecified atom stereocenters. The van der Waals surface area contributed by atoms with E-state index in [1.165, 1.54) is 30.5 Å². The van der Waals surface area contributed by atoms with Crippen molar-refractivity contribution in [2.75, 3.05) is 28.6 Å². The molecule has 0 saturated heterocycles. The summed E-state index contributed by atoms with van der Waals surface area (Å²) >= 11 is 0. The number of nitrogens with one attached hydrogen (secondary N) is 3. The fraction of sp³-hybridized carbons (Fsp3) is 0.167. The van der Waals surface area contributed by atoms with Gasteiger partial charge in [0.15, 0.2) is 0 Å². The third kappa shape index (κ3) is 7.10. The van der Waals surface area contributed by atoms with Crippen LogP contribution in [0.3, 0.4) is 0 Å². The highest BCUT2D eigenvalue weighted by Gasteiger charge is 2.31. The van der Waals surface area contributed by atoms with E-state index in [9.17, 15) is 30.8 Å². The SMILES string of the molecule is C=CN(C(=O)Cc1cc(C(F)(F)F)ccc1F)c1ccc(-c2cnc3nc2NCCCNS(=O)(=O)c2cccc(c2)N3)cc1F. The zero-order valence-corrected chi connectivity index (χ0v) is 24.1. The van der Waals surface area contributed by atoms with E-state index in [4.69, 9.17) is 0 Å². The topological polar surface area (TPSA) is 116 Å². The molecule has 3 N–H and O–H groups in total. The lowest BCUT2D eigenvalue weighted by atomic mass is 10.0. The summed E-state index contributed by atoms with van der Waals surface area (Å²) in [4.78, 5) is 22.6. The Morgan fingerprint density at radius 2 is 1.82 bits per heavy atom. The average molecular weight is 645 g/mol. The standard InChI is InChI=1S/C30H25F5N6O3S/c1-2-41(27(42)15-19-13-20(30(33,34)35)8-9-24(19)31)26-10-7-18(14-25(26)32)23-17-37-29-39-21-5-3-6-22(16-21)45(43,44)38-12-4-11-36-28(23)40-29/h2-3,5-10,13-14,16-17,38H,1,4,11-12,15H2,(H2,36,37,39,40). The summed E-state index contributed by atoms with van der Waals surface area (Å²) in [5.74, 6) is -2.34. The molecule has 1 aromatic heterocycles. The van der Waals surface area contributed by atoms with Crippen molar-refractivity contribution in [2.24, 2.45) is 0 Å². The van der Waals surface area contributed by atoms with Crippen molar-refractivity contribution in [1.29, 1.82) is 0 Å². The Hall–Kier alpha value is -4.89. The molecule has 234 valence electrons. The highest BCUT2D eigenvalue weighted by atomic mass is 32.2. The van der Waals surface area contributed by atoms with Gasteiger partial charge < -0.3 is 10.6 Å². The van der Waals surface area contributed by atoms with E-state index in [2.05, 4.69) is 31.9 Å². The molecular weight excluding hydrogens is 619 g/mol. The molecule has 3 aromatic carbocycles. The molecule has 5 rings (SSSR count). The minimum absolute atomic E-state index is 0.0686. The zero-order valence-electron chi connectivity index (χ0n) is 23.3. The van der Waals surface area contributed by atoms with Gasteiger partial charge in [0.2, 0.25) is 21.9 Å². The number of amides is 1. The van der Waals surface area contributed by atoms with Crippen molar-refractivity contribution in [3.05, 3.63) is 102 Å². The molecule has 1 amide bonds. The summed E-state index contributed by atoms with van der Waals surface area (Å²) in [6.45, 7) is 3.94. The van der Waals surface area contributed by atoms with Crippen LogP contribution in [0.4, 0.5) is 45.1 Å². The maximum absolute atomic E-state index is 15.5. The third-order valence-electron chi connectivity index (χ3n) is 6.81. The van der Waals surface area contributed by atoms with Crippen LogP contribution in [0.2, 0.25) is 0 Å². The minimum Gasteiger partial charge on any atom is -0.369 e. The van der Waals surface area contributed by atoms with E-state index in [1.807, 2.05) is 0 Å². The number of rotatable bonds is 5. The molecule has 0 spiro atoms. The summed E-state index contributed by atoms with van der Waals surface area (Å²) in [6.07, 6.45) is -2.70. The molecule has 0 fully saturated rings. The average Bonchev–Trinajstić information content (AvgIpc) is 2.99. The van der Waals surface area contributed by atoms with Gasteiger partial charge in [0.05, 0.1) is 22.6 Å². The largest absolute Gasteiger partial charge is 0.416 e. The lowest BCUT2D eigenvalue weighted by Crippen LogP contribution is -2.28. The Labute approximate surface area is 254 Å². The fourth-order valence-corrected chi connectivity index (χ4v) is 5.70. The van der Waals surface area contributed by atoms with Crippen LogP contribution in [0.25, 0.3) is 11.1 Å². The molecule has 0 aliphatic carbocycles. The van der Waals surface area contributed by atoms with Crippen molar-refractivity contribution >= 4 is 39.1 Å². The summed E-state index contributed by atoms with van der Waals surface area (Å²) < 4.78 is 96.9. The van der Waals surface area contributed by atoms with Crippen LogP contribution in [0.5, 0.6) is 0 Å². The lowest BCUT2D eigenvalue weighted by molar-refractivity contribution is -0.137. The Balaban J connectivity index is 1.42. The van der Waals surface area contributed by atoms with Crippen LogP contribution in [0.1, 0.15) is 17.5 Å². The van der Waals surface area contributed by atoms with E-state index >= 15 is 4.39 Å². The predicted octanol–water partition coefficient (Wildman–Crippen LogP) is 6.00. The van der Waals surface area contributed by atoms with Gasteiger partial charge in [-0.25, -0.2) is 26.9 Å². The van der Waals surface area contributed by atoms with E-state index in [-0.39, 0.29) is 23.1 Å². The first-order valence-corrected chi connectivity index (χ1v) is 14.9. The van der Waals surface area contributed by atoms with Gasteiger partial charge in [-0.3, -0.25) is 9.69 Å². The third-order valence-corrected chi connectivity index (χ3v) is 8.27. The van der Waals surface area contributed by atoms with Gasteiger partial charge in [-0.15, -0.1) is 0 Å². The van der Waals surface area contributed by atoms with Crippen LogP contribution in [-0.2, 0) is 27.4 Å². The fourth-order valence-electron chi connectivity index (χ4n) is 4.58. The molecule has 1 aliphatic heterocycles. The monoisotopic (exact) mass is 644 g/mol. The number of sulfonamides is 1. The quantitative estimate of drug-likeness (QED) is 0.229. The molecule has 0 atom stereocenters. The Morgan fingerprint density at radius 3 is 2.56 bits per heavy atom. The van der Waals surface area contributed by atoms with Gasteiger partial charge in [-0.05, 0) is 66.1 Å². The molecule has 9 nitrogen and oxygen atoms in total. The number of hydrogen-bond donors (Lipinski definition) is 3. The first-order chi connectivity index (χ1) is 21.4. The van der Waals surface area contributed by atoms with Crippen molar-refractivity contribution in [1.82, 2.24) is 14.7 Å². The molecule has 0 radical (unpaired) electrons. The van der Waals surface area contributed by atoms with E-state index in [1.54, 1.807) is 12.1 Å². The first-order valence-electron chi connectivity index (χ1n) is 13.4. The molecule has 15 heteroatoms. The van der Waals surface area contributed by atoms with Crippen molar-refractivity contribution in [2.45, 2.75) is 23.9 Å². The number of anilines is 4. The van der Waals surface area contributed by atoms with Gasteiger partial charge in [0.1, 0.15) is 17.5 Å². The Morgan fingerprint density at radius 1 is 1.02 bits per heavy atom. The maximum Gasteiger partial charge on any atom is 0.416 e. The van der Waals surface area contributed by atoms with Gasteiger partial charge in [-0.2, -0.15) is 18.2 Å². The van der Waals surface area contributed by atoms with Crippen LogP contribution >= 0.6 is 0 Å². The van der Waals surface area contributed by atoms with Gasteiger partial charge in [0.25, 0.3) is 0 Å². The van der Waals surface area contributed by atoms with Crippen LogP contribution < -0.4 is 20.3 Å². The smallest absolute Gasteiger partial charge is 0.369 e. The highest BCUT2D eigenvalue weighted by molar-refractivity contribution is 7.89. The summed E-state index contributed by atoms with van der Waals surface area (Å²) in [5.41, 5.74) is -0.760. The second-order valence-electron chi connectivity index (χ2n) is 9.88. The number of aromatic nitrogens is 2. The first kappa shape index (κ1) is 31.5. The Bertz CT molecular complexity index is 1880. The van der Waals surface area contributed by atoms with Crippen molar-refractivity contribution in [3.63, 3.8) is 0 Å². The number of nitrogens with zero attached hydrogens (tertiary/aromatic N) is 3. The number of alkyl halides is 3. The van der Waals surface area contributed by atoms with E-state index < -0.39 is 51.3 Å². The van der Waals surface area contributed by atoms with Gasteiger partial charge in [0, 0.05) is 36.7 Å². The number of fused-ring (bicyclic) bond motifs is 4. The number of benzene rings is 3. The van der Waals surface area contributed by atoms with Gasteiger partial charge >= 0.3 is 6.18 Å². The molecule has 2 heterocycles. The molecule has 1 aliphatic rings. The zero-order chi connectivity index (χ0) is 32.4. The molecule has 45 heavy (non-hydrogen) atoms. The Kier molecular flexibility index (Phi) is 8.84. The second kappa shape index (κ2) is 12.6. The summed E-state index contributed by atoms with van der Waals surface area (Å²) in [6, 6.07) is 11.7. The second-order valence-corrected chi connectivity index (χ2v) is 11.6. The van der Waals surface area contributed by atoms with Crippen molar-refractivity contribution in [3.8, 4) is 11.1 Å².